The highest BCUT2D eigenvalue weighted by Crippen LogP contribution is 2.26. The van der Waals surface area contributed by atoms with E-state index in [1.165, 1.54) is 32.2 Å². The molecular weight excluding hydrogens is 240 g/mol. The molecular formula is C15H30N2O2. The molecule has 2 rings (SSSR count). The van der Waals surface area contributed by atoms with Crippen molar-refractivity contribution in [1.29, 1.82) is 0 Å². The molecule has 0 amide bonds. The van der Waals surface area contributed by atoms with Crippen molar-refractivity contribution in [3.63, 3.8) is 0 Å². The van der Waals surface area contributed by atoms with E-state index in [9.17, 15) is 0 Å². The first-order valence-corrected chi connectivity index (χ1v) is 7.79. The normalized spacial score (nSPS) is 36.8. The predicted molar refractivity (Wildman–Crippen MR) is 77.5 cm³/mol. The monoisotopic (exact) mass is 270 g/mol. The summed E-state index contributed by atoms with van der Waals surface area (Å²) in [6, 6.07) is 0. The maximum atomic E-state index is 6.12. The Balaban J connectivity index is 1.73. The number of nitrogens with one attached hydrogen (secondary N) is 1. The third kappa shape index (κ3) is 4.42. The summed E-state index contributed by atoms with van der Waals surface area (Å²) in [4.78, 5) is 2.52. The molecule has 4 heteroatoms. The number of ether oxygens (including phenoxy) is 2. The quantitative estimate of drug-likeness (QED) is 0.795. The van der Waals surface area contributed by atoms with Crippen LogP contribution >= 0.6 is 0 Å². The molecule has 2 aliphatic heterocycles. The highest BCUT2D eigenvalue weighted by molar-refractivity contribution is 4.87. The summed E-state index contributed by atoms with van der Waals surface area (Å²) in [5.41, 5.74) is 0.0417. The van der Waals surface area contributed by atoms with Gasteiger partial charge in [-0.05, 0) is 45.7 Å². The molecule has 2 heterocycles. The Hall–Kier alpha value is -0.160. The lowest BCUT2D eigenvalue weighted by molar-refractivity contribution is -0.0637. The van der Waals surface area contributed by atoms with Gasteiger partial charge in [-0.25, -0.2) is 0 Å². The average molecular weight is 270 g/mol. The van der Waals surface area contributed by atoms with Gasteiger partial charge >= 0.3 is 0 Å². The zero-order valence-electron chi connectivity index (χ0n) is 12.8. The fourth-order valence-corrected chi connectivity index (χ4v) is 3.29. The maximum absolute atomic E-state index is 6.12. The first kappa shape index (κ1) is 15.2. The minimum atomic E-state index is 0.0417. The molecule has 1 N–H and O–H groups in total. The maximum Gasteiger partial charge on any atom is 0.0777 e. The standard InChI is InChI=1S/C15H30N2O2/c1-4-16-10-13-6-7-14(19-13)11-17-9-5-8-15(2,12-17)18-3/h13-14,16H,4-12H2,1-3H3. The summed E-state index contributed by atoms with van der Waals surface area (Å²) >= 11 is 0. The van der Waals surface area contributed by atoms with E-state index in [4.69, 9.17) is 9.47 Å². The van der Waals surface area contributed by atoms with Crippen molar-refractivity contribution < 1.29 is 9.47 Å². The van der Waals surface area contributed by atoms with E-state index >= 15 is 0 Å². The van der Waals surface area contributed by atoms with Gasteiger partial charge in [-0.2, -0.15) is 0 Å². The third-order valence-electron chi connectivity index (χ3n) is 4.51. The second-order valence-electron chi connectivity index (χ2n) is 6.26. The Bertz CT molecular complexity index is 275. The van der Waals surface area contributed by atoms with Crippen LogP contribution in [-0.2, 0) is 9.47 Å². The number of piperidine rings is 1. The van der Waals surface area contributed by atoms with Crippen molar-refractivity contribution in [2.24, 2.45) is 0 Å². The molecule has 3 atom stereocenters. The van der Waals surface area contributed by atoms with E-state index in [-0.39, 0.29) is 5.60 Å². The highest BCUT2D eigenvalue weighted by Gasteiger charge is 2.33. The summed E-state index contributed by atoms with van der Waals surface area (Å²) in [5.74, 6) is 0. The van der Waals surface area contributed by atoms with Crippen LogP contribution in [0.4, 0.5) is 0 Å². The minimum absolute atomic E-state index is 0.0417. The van der Waals surface area contributed by atoms with E-state index < -0.39 is 0 Å². The van der Waals surface area contributed by atoms with Crippen LogP contribution in [0.25, 0.3) is 0 Å². The van der Waals surface area contributed by atoms with Crippen molar-refractivity contribution in [2.45, 2.75) is 57.3 Å². The van der Waals surface area contributed by atoms with Gasteiger partial charge in [0.2, 0.25) is 0 Å². The zero-order valence-corrected chi connectivity index (χ0v) is 12.8. The first-order valence-electron chi connectivity index (χ1n) is 7.79. The van der Waals surface area contributed by atoms with Crippen LogP contribution in [0.2, 0.25) is 0 Å². The van der Waals surface area contributed by atoms with Gasteiger partial charge in [0.05, 0.1) is 17.8 Å². The van der Waals surface area contributed by atoms with Crippen LogP contribution in [0.1, 0.15) is 39.5 Å². The topological polar surface area (TPSA) is 33.7 Å². The molecule has 0 saturated carbocycles. The zero-order chi connectivity index (χ0) is 13.7. The van der Waals surface area contributed by atoms with Crippen LogP contribution in [0.15, 0.2) is 0 Å². The largest absolute Gasteiger partial charge is 0.377 e. The number of nitrogens with zero attached hydrogens (tertiary/aromatic N) is 1. The summed E-state index contributed by atoms with van der Waals surface area (Å²) in [5, 5.41) is 3.38. The van der Waals surface area contributed by atoms with E-state index in [1.807, 2.05) is 7.11 Å². The van der Waals surface area contributed by atoms with Gasteiger partial charge < -0.3 is 14.8 Å². The second kappa shape index (κ2) is 7.02. The molecule has 19 heavy (non-hydrogen) atoms. The molecule has 2 saturated heterocycles. The summed E-state index contributed by atoms with van der Waals surface area (Å²) in [6.45, 7) is 9.71. The molecule has 0 bridgehead atoms. The van der Waals surface area contributed by atoms with Crippen molar-refractivity contribution >= 4 is 0 Å². The first-order chi connectivity index (χ1) is 9.15. The molecule has 0 spiro atoms. The van der Waals surface area contributed by atoms with E-state index in [2.05, 4.69) is 24.1 Å². The smallest absolute Gasteiger partial charge is 0.0777 e. The lowest BCUT2D eigenvalue weighted by Crippen LogP contribution is -2.49. The van der Waals surface area contributed by atoms with Crippen LogP contribution in [0.3, 0.4) is 0 Å². The van der Waals surface area contributed by atoms with E-state index in [0.717, 1.165) is 26.2 Å². The van der Waals surface area contributed by atoms with Gasteiger partial charge in [0.1, 0.15) is 0 Å². The molecule has 0 aromatic heterocycles. The Morgan fingerprint density at radius 1 is 1.37 bits per heavy atom. The highest BCUT2D eigenvalue weighted by atomic mass is 16.5. The number of hydrogen-bond acceptors (Lipinski definition) is 4. The lowest BCUT2D eigenvalue weighted by Gasteiger charge is -2.40. The number of hydrogen-bond donors (Lipinski definition) is 1. The van der Waals surface area contributed by atoms with Gasteiger partial charge in [0.15, 0.2) is 0 Å². The molecule has 0 aromatic carbocycles. The molecule has 4 nitrogen and oxygen atoms in total. The average Bonchev–Trinajstić information content (AvgIpc) is 2.84. The molecule has 0 aromatic rings. The number of methoxy groups -OCH3 is 1. The summed E-state index contributed by atoms with van der Waals surface area (Å²) < 4.78 is 11.8. The Morgan fingerprint density at radius 3 is 2.89 bits per heavy atom. The van der Waals surface area contributed by atoms with Crippen molar-refractivity contribution in [2.75, 3.05) is 39.8 Å². The van der Waals surface area contributed by atoms with E-state index in [1.54, 1.807) is 0 Å². The van der Waals surface area contributed by atoms with Crippen molar-refractivity contribution in [1.82, 2.24) is 10.2 Å². The Morgan fingerprint density at radius 2 is 2.16 bits per heavy atom. The fraction of sp³-hybridized carbons (Fsp3) is 1.00. The van der Waals surface area contributed by atoms with Crippen LogP contribution in [0.5, 0.6) is 0 Å². The van der Waals surface area contributed by atoms with Gasteiger partial charge in [0, 0.05) is 26.7 Å². The predicted octanol–water partition coefficient (Wildman–Crippen LogP) is 1.64. The van der Waals surface area contributed by atoms with Crippen molar-refractivity contribution in [3.05, 3.63) is 0 Å². The molecule has 2 aliphatic rings. The van der Waals surface area contributed by atoms with Crippen LogP contribution < -0.4 is 5.32 Å². The van der Waals surface area contributed by atoms with E-state index in [0.29, 0.717) is 12.2 Å². The third-order valence-corrected chi connectivity index (χ3v) is 4.51. The number of likely N-dealkylation sites (N-methyl/N-ethyl adjacent to an activating group) is 1. The number of likely N-dealkylation sites (tertiary alicyclic amines) is 1. The summed E-state index contributed by atoms with van der Waals surface area (Å²) in [6.07, 6.45) is 5.65. The minimum Gasteiger partial charge on any atom is -0.377 e. The summed E-state index contributed by atoms with van der Waals surface area (Å²) in [7, 11) is 1.84. The lowest BCUT2D eigenvalue weighted by atomic mass is 9.94. The second-order valence-corrected chi connectivity index (χ2v) is 6.26. The molecule has 112 valence electrons. The van der Waals surface area contributed by atoms with Gasteiger partial charge in [-0.1, -0.05) is 6.92 Å². The Labute approximate surface area is 117 Å². The molecule has 0 radical (unpaired) electrons. The molecule has 0 aliphatic carbocycles. The molecule has 3 unspecified atom stereocenters. The van der Waals surface area contributed by atoms with Gasteiger partial charge in [0.25, 0.3) is 0 Å². The van der Waals surface area contributed by atoms with Gasteiger partial charge in [-0.15, -0.1) is 0 Å². The molecule has 2 fully saturated rings. The fourth-order valence-electron chi connectivity index (χ4n) is 3.29. The van der Waals surface area contributed by atoms with Crippen LogP contribution in [-0.4, -0.2) is 62.5 Å². The van der Waals surface area contributed by atoms with Crippen molar-refractivity contribution in [3.8, 4) is 0 Å². The van der Waals surface area contributed by atoms with Gasteiger partial charge in [-0.3, -0.25) is 4.90 Å². The SMILES string of the molecule is CCNCC1CCC(CN2CCCC(C)(OC)C2)O1. The van der Waals surface area contributed by atoms with Crippen LogP contribution in [0, 0.1) is 0 Å². The Kier molecular flexibility index (Phi) is 5.63. The number of rotatable bonds is 6.